The van der Waals surface area contributed by atoms with Crippen molar-refractivity contribution >= 4 is 11.7 Å². The number of likely N-dealkylation sites (tertiary alicyclic amines) is 1. The number of Topliss-reactive ketones (excluding diaryl/α,β-unsaturated/α-hetero) is 1. The van der Waals surface area contributed by atoms with Gasteiger partial charge in [-0.15, -0.1) is 0 Å². The Labute approximate surface area is 159 Å². The minimum atomic E-state index is -0.0801. The molecular weight excluding hydrogens is 344 g/mol. The van der Waals surface area contributed by atoms with Gasteiger partial charge in [0, 0.05) is 29.4 Å². The molecule has 1 aromatic heterocycles. The van der Waals surface area contributed by atoms with Gasteiger partial charge in [0.25, 0.3) is 5.91 Å². The number of ketones is 1. The Morgan fingerprint density at radius 1 is 1.19 bits per heavy atom. The SMILES string of the molecule is COc1ccc(C2CCCN2C(=O)c2[nH]c(C)c(C(C)=O)c2C)c(OC)c1. The molecule has 1 atom stereocenters. The number of rotatable bonds is 5. The third kappa shape index (κ3) is 3.31. The molecule has 27 heavy (non-hydrogen) atoms. The van der Waals surface area contributed by atoms with E-state index in [2.05, 4.69) is 4.98 Å². The highest BCUT2D eigenvalue weighted by Crippen LogP contribution is 2.39. The standard InChI is InChI=1S/C21H26N2O4/c1-12-19(14(3)24)13(2)22-20(12)21(25)23-10-6-7-17(23)16-9-8-15(26-4)11-18(16)27-5/h8-9,11,17,22H,6-7,10H2,1-5H3. The van der Waals surface area contributed by atoms with Crippen molar-refractivity contribution in [3.05, 3.63) is 46.3 Å². The molecule has 144 valence electrons. The molecule has 1 unspecified atom stereocenters. The first-order valence-corrected chi connectivity index (χ1v) is 9.12. The fourth-order valence-corrected chi connectivity index (χ4v) is 4.06. The minimum Gasteiger partial charge on any atom is -0.497 e. The van der Waals surface area contributed by atoms with Crippen molar-refractivity contribution in [1.29, 1.82) is 0 Å². The van der Waals surface area contributed by atoms with E-state index in [4.69, 9.17) is 9.47 Å². The summed E-state index contributed by atoms with van der Waals surface area (Å²) >= 11 is 0. The number of aromatic amines is 1. The number of aryl methyl sites for hydroxylation is 1. The topological polar surface area (TPSA) is 71.6 Å². The lowest BCUT2D eigenvalue weighted by Gasteiger charge is -2.26. The van der Waals surface area contributed by atoms with Crippen molar-refractivity contribution in [2.24, 2.45) is 0 Å². The number of ether oxygens (including phenoxy) is 2. The van der Waals surface area contributed by atoms with Crippen LogP contribution in [0.15, 0.2) is 18.2 Å². The highest BCUT2D eigenvalue weighted by Gasteiger charge is 2.34. The smallest absolute Gasteiger partial charge is 0.271 e. The number of nitrogens with one attached hydrogen (secondary N) is 1. The average Bonchev–Trinajstić information content (AvgIpc) is 3.24. The van der Waals surface area contributed by atoms with Crippen LogP contribution in [0.5, 0.6) is 11.5 Å². The van der Waals surface area contributed by atoms with Crippen LogP contribution in [0.1, 0.15) is 63.5 Å². The number of carbonyl (C=O) groups excluding carboxylic acids is 2. The maximum atomic E-state index is 13.3. The first kappa shape index (κ1) is 19.0. The summed E-state index contributed by atoms with van der Waals surface area (Å²) in [7, 11) is 3.24. The monoisotopic (exact) mass is 370 g/mol. The molecule has 0 spiro atoms. The zero-order valence-electron chi connectivity index (χ0n) is 16.5. The number of amides is 1. The number of nitrogens with zero attached hydrogens (tertiary/aromatic N) is 1. The molecule has 1 aromatic carbocycles. The molecule has 1 aliphatic heterocycles. The van der Waals surface area contributed by atoms with Gasteiger partial charge in [-0.2, -0.15) is 0 Å². The lowest BCUT2D eigenvalue weighted by atomic mass is 10.0. The van der Waals surface area contributed by atoms with E-state index in [1.165, 1.54) is 6.92 Å². The van der Waals surface area contributed by atoms with Gasteiger partial charge in [0.1, 0.15) is 17.2 Å². The fraction of sp³-hybridized carbons (Fsp3) is 0.429. The van der Waals surface area contributed by atoms with Crippen molar-refractivity contribution < 1.29 is 19.1 Å². The van der Waals surface area contributed by atoms with Gasteiger partial charge in [-0.05, 0) is 51.3 Å². The maximum Gasteiger partial charge on any atom is 0.271 e. The first-order valence-electron chi connectivity index (χ1n) is 9.12. The highest BCUT2D eigenvalue weighted by molar-refractivity contribution is 6.02. The van der Waals surface area contributed by atoms with Gasteiger partial charge in [-0.1, -0.05) is 0 Å². The van der Waals surface area contributed by atoms with Crippen molar-refractivity contribution in [2.75, 3.05) is 20.8 Å². The van der Waals surface area contributed by atoms with Crippen LogP contribution in [-0.2, 0) is 0 Å². The molecule has 1 amide bonds. The molecule has 2 aromatic rings. The van der Waals surface area contributed by atoms with Crippen LogP contribution < -0.4 is 9.47 Å². The van der Waals surface area contributed by atoms with Crippen LogP contribution in [0.4, 0.5) is 0 Å². The Bertz CT molecular complexity index is 885. The van der Waals surface area contributed by atoms with Gasteiger partial charge in [-0.3, -0.25) is 9.59 Å². The number of H-pyrrole nitrogens is 1. The lowest BCUT2D eigenvalue weighted by molar-refractivity contribution is 0.0728. The maximum absolute atomic E-state index is 13.3. The van der Waals surface area contributed by atoms with E-state index in [9.17, 15) is 9.59 Å². The van der Waals surface area contributed by atoms with E-state index in [0.717, 1.165) is 29.7 Å². The molecule has 3 rings (SSSR count). The summed E-state index contributed by atoms with van der Waals surface area (Å²) in [5, 5.41) is 0. The third-order valence-electron chi connectivity index (χ3n) is 5.32. The van der Waals surface area contributed by atoms with Gasteiger partial charge < -0.3 is 19.4 Å². The summed E-state index contributed by atoms with van der Waals surface area (Å²) in [4.78, 5) is 30.2. The molecule has 1 aliphatic rings. The summed E-state index contributed by atoms with van der Waals surface area (Å²) in [5.74, 6) is 1.31. The van der Waals surface area contributed by atoms with Crippen molar-refractivity contribution in [3.8, 4) is 11.5 Å². The molecule has 6 heteroatoms. The van der Waals surface area contributed by atoms with E-state index in [1.807, 2.05) is 36.9 Å². The van der Waals surface area contributed by atoms with Crippen molar-refractivity contribution in [1.82, 2.24) is 9.88 Å². The largest absolute Gasteiger partial charge is 0.497 e. The van der Waals surface area contributed by atoms with Gasteiger partial charge in [0.05, 0.1) is 20.3 Å². The van der Waals surface area contributed by atoms with Gasteiger partial charge >= 0.3 is 0 Å². The normalized spacial score (nSPS) is 16.5. The summed E-state index contributed by atoms with van der Waals surface area (Å²) in [6.45, 7) is 5.85. The van der Waals surface area contributed by atoms with Crippen LogP contribution in [0, 0.1) is 13.8 Å². The minimum absolute atomic E-state index is 0.0323. The third-order valence-corrected chi connectivity index (χ3v) is 5.32. The molecule has 1 fully saturated rings. The number of hydrogen-bond acceptors (Lipinski definition) is 4. The Kier molecular flexibility index (Phi) is 5.26. The number of benzene rings is 1. The Hall–Kier alpha value is -2.76. The van der Waals surface area contributed by atoms with E-state index in [1.54, 1.807) is 14.2 Å². The number of carbonyl (C=O) groups is 2. The predicted molar refractivity (Wildman–Crippen MR) is 103 cm³/mol. The van der Waals surface area contributed by atoms with Crippen LogP contribution >= 0.6 is 0 Å². The van der Waals surface area contributed by atoms with E-state index in [-0.39, 0.29) is 17.7 Å². The number of methoxy groups -OCH3 is 2. The van der Waals surface area contributed by atoms with Crippen molar-refractivity contribution in [3.63, 3.8) is 0 Å². The van der Waals surface area contributed by atoms with Crippen LogP contribution in [0.3, 0.4) is 0 Å². The predicted octanol–water partition coefficient (Wildman–Crippen LogP) is 3.83. The summed E-state index contributed by atoms with van der Waals surface area (Å²) < 4.78 is 10.8. The molecular formula is C21H26N2O4. The quantitative estimate of drug-likeness (QED) is 0.812. The first-order chi connectivity index (χ1) is 12.9. The van der Waals surface area contributed by atoms with Crippen LogP contribution in [-0.4, -0.2) is 42.3 Å². The molecule has 1 saturated heterocycles. The van der Waals surface area contributed by atoms with Crippen LogP contribution in [0.2, 0.25) is 0 Å². The van der Waals surface area contributed by atoms with E-state index < -0.39 is 0 Å². The van der Waals surface area contributed by atoms with E-state index in [0.29, 0.717) is 29.3 Å². The number of hydrogen-bond donors (Lipinski definition) is 1. The molecule has 2 heterocycles. The van der Waals surface area contributed by atoms with Crippen LogP contribution in [0.25, 0.3) is 0 Å². The fourth-order valence-electron chi connectivity index (χ4n) is 4.06. The van der Waals surface area contributed by atoms with Gasteiger partial charge in [0.2, 0.25) is 0 Å². The second-order valence-corrected chi connectivity index (χ2v) is 6.95. The lowest BCUT2D eigenvalue weighted by Crippen LogP contribution is -2.31. The Morgan fingerprint density at radius 3 is 2.52 bits per heavy atom. The Morgan fingerprint density at radius 2 is 1.93 bits per heavy atom. The number of aromatic nitrogens is 1. The zero-order valence-corrected chi connectivity index (χ0v) is 16.5. The van der Waals surface area contributed by atoms with Gasteiger partial charge in [0.15, 0.2) is 5.78 Å². The molecule has 0 radical (unpaired) electrons. The summed E-state index contributed by atoms with van der Waals surface area (Å²) in [5.41, 5.74) is 3.53. The highest BCUT2D eigenvalue weighted by atomic mass is 16.5. The van der Waals surface area contributed by atoms with E-state index >= 15 is 0 Å². The molecule has 0 saturated carbocycles. The van der Waals surface area contributed by atoms with Crippen molar-refractivity contribution in [2.45, 2.75) is 39.7 Å². The second kappa shape index (κ2) is 7.47. The van der Waals surface area contributed by atoms with Gasteiger partial charge in [-0.25, -0.2) is 0 Å². The molecule has 1 N–H and O–H groups in total. The molecule has 0 bridgehead atoms. The average molecular weight is 370 g/mol. The Balaban J connectivity index is 1.97. The summed E-state index contributed by atoms with van der Waals surface area (Å²) in [6.07, 6.45) is 1.79. The zero-order chi connectivity index (χ0) is 19.7. The second-order valence-electron chi connectivity index (χ2n) is 6.95. The molecule has 6 nitrogen and oxygen atoms in total. The molecule has 0 aliphatic carbocycles. The summed E-state index contributed by atoms with van der Waals surface area (Å²) in [6, 6.07) is 5.62.